The van der Waals surface area contributed by atoms with Crippen LogP contribution in [-0.4, -0.2) is 5.78 Å². The second kappa shape index (κ2) is 6.17. The van der Waals surface area contributed by atoms with Crippen molar-refractivity contribution in [2.24, 2.45) is 5.92 Å². The van der Waals surface area contributed by atoms with Crippen molar-refractivity contribution in [1.82, 2.24) is 0 Å². The zero-order valence-corrected chi connectivity index (χ0v) is 11.6. The normalized spacial score (nSPS) is 17.4. The van der Waals surface area contributed by atoms with Crippen LogP contribution in [0, 0.1) is 5.92 Å². The van der Waals surface area contributed by atoms with Gasteiger partial charge in [-0.3, -0.25) is 4.79 Å². The molecule has 1 heteroatoms. The maximum absolute atomic E-state index is 12.3. The van der Waals surface area contributed by atoms with Gasteiger partial charge in [-0.25, -0.2) is 0 Å². The molecular weight excluding hydrogens is 220 g/mol. The van der Waals surface area contributed by atoms with Gasteiger partial charge >= 0.3 is 0 Å². The van der Waals surface area contributed by atoms with Gasteiger partial charge in [-0.1, -0.05) is 51.0 Å². The number of benzene rings is 1. The molecule has 1 unspecified atom stereocenters. The molecular formula is C17H24O. The van der Waals surface area contributed by atoms with Crippen LogP contribution in [0.1, 0.15) is 63.0 Å². The van der Waals surface area contributed by atoms with Crippen LogP contribution in [-0.2, 0) is 11.2 Å². The summed E-state index contributed by atoms with van der Waals surface area (Å²) in [5, 5.41) is 0. The first-order valence-corrected chi connectivity index (χ1v) is 7.36. The standard InChI is InChI=1S/C17H24O/c1-3-7-13(8-4-2)17(18)12-15-11-14-9-5-6-10-16(14)15/h5-6,9-10,13,15H,3-4,7-8,11-12H2,1-2H3. The molecule has 0 aromatic heterocycles. The minimum absolute atomic E-state index is 0.313. The third-order valence-corrected chi connectivity index (χ3v) is 4.14. The average molecular weight is 244 g/mol. The second-order valence-electron chi connectivity index (χ2n) is 5.54. The number of hydrogen-bond acceptors (Lipinski definition) is 1. The number of carbonyl (C=O) groups is 1. The Morgan fingerprint density at radius 2 is 1.89 bits per heavy atom. The topological polar surface area (TPSA) is 17.1 Å². The molecule has 1 aliphatic carbocycles. The fraction of sp³-hybridized carbons (Fsp3) is 0.588. The SMILES string of the molecule is CCCC(CCC)C(=O)CC1Cc2ccccc21. The molecule has 0 fully saturated rings. The summed E-state index contributed by atoms with van der Waals surface area (Å²) in [5.41, 5.74) is 2.86. The third kappa shape index (κ3) is 2.82. The van der Waals surface area contributed by atoms with Gasteiger partial charge in [0.15, 0.2) is 0 Å². The Morgan fingerprint density at radius 1 is 1.22 bits per heavy atom. The van der Waals surface area contributed by atoms with E-state index < -0.39 is 0 Å². The minimum atomic E-state index is 0.313. The Labute approximate surface area is 111 Å². The van der Waals surface area contributed by atoms with E-state index in [1.165, 1.54) is 11.1 Å². The van der Waals surface area contributed by atoms with E-state index in [2.05, 4.69) is 38.1 Å². The summed E-state index contributed by atoms with van der Waals surface area (Å²) in [6, 6.07) is 8.55. The summed E-state index contributed by atoms with van der Waals surface area (Å²) in [7, 11) is 0. The maximum Gasteiger partial charge on any atom is 0.136 e. The van der Waals surface area contributed by atoms with E-state index in [0.29, 0.717) is 17.6 Å². The molecule has 1 nitrogen and oxygen atoms in total. The molecule has 0 amide bonds. The lowest BCUT2D eigenvalue weighted by molar-refractivity contribution is -0.123. The van der Waals surface area contributed by atoms with Crippen molar-refractivity contribution >= 4 is 5.78 Å². The maximum atomic E-state index is 12.3. The van der Waals surface area contributed by atoms with E-state index in [-0.39, 0.29) is 0 Å². The van der Waals surface area contributed by atoms with Gasteiger partial charge in [0.05, 0.1) is 0 Å². The molecule has 0 bridgehead atoms. The third-order valence-electron chi connectivity index (χ3n) is 4.14. The molecule has 0 saturated heterocycles. The Kier molecular flexibility index (Phi) is 4.57. The van der Waals surface area contributed by atoms with Gasteiger partial charge < -0.3 is 0 Å². The van der Waals surface area contributed by atoms with E-state index in [9.17, 15) is 4.79 Å². The molecule has 18 heavy (non-hydrogen) atoms. The molecule has 0 N–H and O–H groups in total. The van der Waals surface area contributed by atoms with Crippen molar-refractivity contribution in [2.75, 3.05) is 0 Å². The number of rotatable bonds is 7. The average Bonchev–Trinajstić information content (AvgIpc) is 2.35. The molecule has 1 aliphatic rings. The van der Waals surface area contributed by atoms with E-state index in [4.69, 9.17) is 0 Å². The van der Waals surface area contributed by atoms with Gasteiger partial charge in [-0.15, -0.1) is 0 Å². The molecule has 98 valence electrons. The highest BCUT2D eigenvalue weighted by molar-refractivity contribution is 5.82. The number of fused-ring (bicyclic) bond motifs is 1. The monoisotopic (exact) mass is 244 g/mol. The number of carbonyl (C=O) groups excluding carboxylic acids is 1. The molecule has 0 aliphatic heterocycles. The van der Waals surface area contributed by atoms with Crippen LogP contribution in [0.4, 0.5) is 0 Å². The number of hydrogen-bond donors (Lipinski definition) is 0. The Morgan fingerprint density at radius 3 is 2.50 bits per heavy atom. The van der Waals surface area contributed by atoms with E-state index in [1.807, 2.05) is 0 Å². The van der Waals surface area contributed by atoms with E-state index in [1.54, 1.807) is 0 Å². The lowest BCUT2D eigenvalue weighted by atomic mass is 9.73. The second-order valence-corrected chi connectivity index (χ2v) is 5.54. The smallest absolute Gasteiger partial charge is 0.136 e. The Hall–Kier alpha value is -1.11. The van der Waals surface area contributed by atoms with Crippen molar-refractivity contribution in [3.63, 3.8) is 0 Å². The fourth-order valence-electron chi connectivity index (χ4n) is 3.12. The molecule has 2 rings (SSSR count). The van der Waals surface area contributed by atoms with Crippen molar-refractivity contribution in [2.45, 2.75) is 58.3 Å². The lowest BCUT2D eigenvalue weighted by Crippen LogP contribution is -2.24. The predicted molar refractivity (Wildman–Crippen MR) is 75.8 cm³/mol. The van der Waals surface area contributed by atoms with Crippen LogP contribution in [0.15, 0.2) is 24.3 Å². The summed E-state index contributed by atoms with van der Waals surface area (Å²) in [4.78, 5) is 12.3. The number of Topliss-reactive ketones (excluding diaryl/α,β-unsaturated/α-hetero) is 1. The predicted octanol–water partition coefficient (Wildman–Crippen LogP) is 4.50. The summed E-state index contributed by atoms with van der Waals surface area (Å²) in [6.45, 7) is 4.35. The summed E-state index contributed by atoms with van der Waals surface area (Å²) < 4.78 is 0. The van der Waals surface area contributed by atoms with Crippen LogP contribution in [0.5, 0.6) is 0 Å². The summed E-state index contributed by atoms with van der Waals surface area (Å²) >= 11 is 0. The quantitative estimate of drug-likeness (QED) is 0.690. The van der Waals surface area contributed by atoms with Crippen LogP contribution in [0.3, 0.4) is 0 Å². The first-order chi connectivity index (χ1) is 8.76. The molecule has 1 aromatic rings. The van der Waals surface area contributed by atoms with Gasteiger partial charge in [-0.05, 0) is 36.3 Å². The summed E-state index contributed by atoms with van der Waals surface area (Å²) in [6.07, 6.45) is 6.26. The van der Waals surface area contributed by atoms with Crippen molar-refractivity contribution in [3.8, 4) is 0 Å². The number of ketones is 1. The first-order valence-electron chi connectivity index (χ1n) is 7.36. The minimum Gasteiger partial charge on any atom is -0.299 e. The van der Waals surface area contributed by atoms with Gasteiger partial charge in [0, 0.05) is 12.3 Å². The Bertz CT molecular complexity index is 402. The van der Waals surface area contributed by atoms with Gasteiger partial charge in [-0.2, -0.15) is 0 Å². The molecule has 0 radical (unpaired) electrons. The van der Waals surface area contributed by atoms with E-state index in [0.717, 1.165) is 38.5 Å². The van der Waals surface area contributed by atoms with Crippen molar-refractivity contribution in [3.05, 3.63) is 35.4 Å². The largest absolute Gasteiger partial charge is 0.299 e. The molecule has 1 atom stereocenters. The van der Waals surface area contributed by atoms with Crippen molar-refractivity contribution in [1.29, 1.82) is 0 Å². The fourth-order valence-corrected chi connectivity index (χ4v) is 3.12. The van der Waals surface area contributed by atoms with Gasteiger partial charge in [0.2, 0.25) is 0 Å². The summed E-state index contributed by atoms with van der Waals surface area (Å²) in [5.74, 6) is 1.32. The lowest BCUT2D eigenvalue weighted by Gasteiger charge is -2.30. The molecule has 1 aromatic carbocycles. The van der Waals surface area contributed by atoms with Gasteiger partial charge in [0.1, 0.15) is 5.78 Å². The first kappa shape index (κ1) is 13.3. The molecule has 0 spiro atoms. The Balaban J connectivity index is 1.92. The highest BCUT2D eigenvalue weighted by Gasteiger charge is 2.29. The van der Waals surface area contributed by atoms with Gasteiger partial charge in [0.25, 0.3) is 0 Å². The van der Waals surface area contributed by atoms with Crippen LogP contribution < -0.4 is 0 Å². The highest BCUT2D eigenvalue weighted by Crippen LogP contribution is 2.38. The molecule has 0 heterocycles. The van der Waals surface area contributed by atoms with Crippen LogP contribution in [0.2, 0.25) is 0 Å². The molecule has 0 saturated carbocycles. The zero-order chi connectivity index (χ0) is 13.0. The van der Waals surface area contributed by atoms with E-state index >= 15 is 0 Å². The van der Waals surface area contributed by atoms with Crippen LogP contribution in [0.25, 0.3) is 0 Å². The van der Waals surface area contributed by atoms with Crippen molar-refractivity contribution < 1.29 is 4.79 Å². The van der Waals surface area contributed by atoms with Crippen LogP contribution >= 0.6 is 0 Å². The zero-order valence-electron chi connectivity index (χ0n) is 11.6. The highest BCUT2D eigenvalue weighted by atomic mass is 16.1.